The summed E-state index contributed by atoms with van der Waals surface area (Å²) in [4.78, 5) is 4.20. The number of halogens is 2. The second-order valence-electron chi connectivity index (χ2n) is 2.66. The van der Waals surface area contributed by atoms with Gasteiger partial charge in [-0.3, -0.25) is 0 Å². The van der Waals surface area contributed by atoms with E-state index in [4.69, 9.17) is 5.26 Å². The Bertz CT molecular complexity index is 327. The van der Waals surface area contributed by atoms with Crippen molar-refractivity contribution in [1.29, 1.82) is 5.26 Å². The van der Waals surface area contributed by atoms with Crippen LogP contribution in [-0.2, 0) is 0 Å². The average molecular weight is 401 g/mol. The number of hydrogen-bond acceptors (Lipinski definition) is 2. The third kappa shape index (κ3) is 2.56. The molecule has 13 heavy (non-hydrogen) atoms. The van der Waals surface area contributed by atoms with Crippen LogP contribution in [0.3, 0.4) is 0 Å². The Hall–Kier alpha value is 0.160. The highest BCUT2D eigenvalue weighted by Crippen LogP contribution is 2.22. The van der Waals surface area contributed by atoms with E-state index in [0.29, 0.717) is 6.42 Å². The van der Waals surface area contributed by atoms with Crippen LogP contribution in [0.4, 0.5) is 0 Å². The number of hydrogen-bond donors (Lipinski definition) is 0. The average Bonchev–Trinajstić information content (AvgIpc) is 2.45. The highest BCUT2D eigenvalue weighted by atomic mass is 127. The molecule has 0 aromatic carbocycles. The van der Waals surface area contributed by atoms with Gasteiger partial charge in [-0.2, -0.15) is 5.26 Å². The number of nitrogens with zero attached hydrogens (tertiary/aromatic N) is 3. The van der Waals surface area contributed by atoms with Crippen molar-refractivity contribution in [1.82, 2.24) is 9.55 Å². The van der Waals surface area contributed by atoms with Crippen LogP contribution in [0.5, 0.6) is 0 Å². The maximum atomic E-state index is 8.64. The topological polar surface area (TPSA) is 41.6 Å². The molecule has 0 spiro atoms. The lowest BCUT2D eigenvalue weighted by atomic mass is 10.2. The minimum absolute atomic E-state index is 0.271. The summed E-state index contributed by atoms with van der Waals surface area (Å²) in [6.45, 7) is 2.09. The zero-order chi connectivity index (χ0) is 9.84. The van der Waals surface area contributed by atoms with Crippen molar-refractivity contribution in [3.63, 3.8) is 0 Å². The molecule has 0 saturated carbocycles. The molecule has 1 unspecified atom stereocenters. The minimum Gasteiger partial charge on any atom is -0.321 e. The van der Waals surface area contributed by atoms with Gasteiger partial charge in [0.2, 0.25) is 0 Å². The van der Waals surface area contributed by atoms with Crippen LogP contribution < -0.4 is 0 Å². The summed E-state index contributed by atoms with van der Waals surface area (Å²) >= 11 is 4.46. The maximum Gasteiger partial charge on any atom is 0.132 e. The zero-order valence-electron chi connectivity index (χ0n) is 7.17. The van der Waals surface area contributed by atoms with Crippen LogP contribution in [0.1, 0.15) is 25.8 Å². The Morgan fingerprint density at radius 1 is 1.69 bits per heavy atom. The van der Waals surface area contributed by atoms with Gasteiger partial charge in [-0.15, -0.1) is 0 Å². The first-order valence-corrected chi connectivity index (χ1v) is 6.11. The summed E-state index contributed by atoms with van der Waals surface area (Å²) in [5.41, 5.74) is 0. The molecule has 0 saturated heterocycles. The van der Waals surface area contributed by atoms with E-state index in [-0.39, 0.29) is 6.04 Å². The van der Waals surface area contributed by atoms with E-state index in [1.165, 1.54) is 0 Å². The molecule has 0 radical (unpaired) electrons. The molecule has 3 nitrogen and oxygen atoms in total. The number of imidazole rings is 1. The van der Waals surface area contributed by atoms with Gasteiger partial charge in [-0.25, -0.2) is 4.98 Å². The fourth-order valence-corrected chi connectivity index (χ4v) is 2.18. The van der Waals surface area contributed by atoms with Gasteiger partial charge in [0.1, 0.15) is 7.40 Å². The zero-order valence-corrected chi connectivity index (χ0v) is 11.5. The quantitative estimate of drug-likeness (QED) is 0.732. The van der Waals surface area contributed by atoms with Gasteiger partial charge >= 0.3 is 0 Å². The summed E-state index contributed by atoms with van der Waals surface area (Å²) in [7, 11) is 0. The molecule has 1 aromatic heterocycles. The standard InChI is InChI=1S/C8H9I2N3/c1-2-6(3-4-11)13-5-12-7(9)8(13)10/h5-6H,2-3H2,1H3. The van der Waals surface area contributed by atoms with E-state index < -0.39 is 0 Å². The van der Waals surface area contributed by atoms with Crippen molar-refractivity contribution in [2.24, 2.45) is 0 Å². The van der Waals surface area contributed by atoms with Gasteiger partial charge in [-0.05, 0) is 51.6 Å². The third-order valence-electron chi connectivity index (χ3n) is 1.88. The predicted octanol–water partition coefficient (Wildman–Crippen LogP) is 2.96. The van der Waals surface area contributed by atoms with Gasteiger partial charge in [0.05, 0.1) is 18.8 Å². The van der Waals surface area contributed by atoms with Crippen LogP contribution in [0, 0.1) is 18.7 Å². The van der Waals surface area contributed by atoms with E-state index in [9.17, 15) is 0 Å². The number of nitriles is 1. The molecule has 1 rings (SSSR count). The molecule has 0 aliphatic rings. The van der Waals surface area contributed by atoms with E-state index in [1.807, 2.05) is 6.33 Å². The molecular formula is C8H9I2N3. The molecule has 0 N–H and O–H groups in total. The monoisotopic (exact) mass is 401 g/mol. The summed E-state index contributed by atoms with van der Waals surface area (Å²) in [5, 5.41) is 8.64. The second-order valence-corrected chi connectivity index (χ2v) is 4.70. The normalized spacial score (nSPS) is 12.5. The lowest BCUT2D eigenvalue weighted by Crippen LogP contribution is -2.08. The SMILES string of the molecule is CCC(CC#N)n1cnc(I)c1I. The van der Waals surface area contributed by atoms with Crippen molar-refractivity contribution in [3.05, 3.63) is 13.7 Å². The molecule has 0 fully saturated rings. The van der Waals surface area contributed by atoms with Crippen LogP contribution in [0.15, 0.2) is 6.33 Å². The predicted molar refractivity (Wildman–Crippen MR) is 67.2 cm³/mol. The van der Waals surface area contributed by atoms with E-state index >= 15 is 0 Å². The van der Waals surface area contributed by atoms with Crippen molar-refractivity contribution in [3.8, 4) is 6.07 Å². The van der Waals surface area contributed by atoms with Crippen LogP contribution >= 0.6 is 45.2 Å². The molecule has 0 amide bonds. The molecule has 1 atom stereocenters. The molecule has 5 heteroatoms. The van der Waals surface area contributed by atoms with Gasteiger partial charge in [0, 0.05) is 6.04 Å². The Morgan fingerprint density at radius 3 is 2.77 bits per heavy atom. The fraction of sp³-hybridized carbons (Fsp3) is 0.500. The Balaban J connectivity index is 2.92. The molecule has 0 aliphatic carbocycles. The molecule has 1 aromatic rings. The van der Waals surface area contributed by atoms with Gasteiger partial charge in [0.25, 0.3) is 0 Å². The third-order valence-corrected chi connectivity index (χ3v) is 4.77. The number of rotatable bonds is 3. The van der Waals surface area contributed by atoms with Gasteiger partial charge < -0.3 is 4.57 Å². The largest absolute Gasteiger partial charge is 0.321 e. The Labute approximate surface area is 105 Å². The molecule has 70 valence electrons. The summed E-state index contributed by atoms with van der Waals surface area (Å²) in [5.74, 6) is 0. The molecule has 0 aliphatic heterocycles. The fourth-order valence-electron chi connectivity index (χ4n) is 1.12. The molecule has 0 bridgehead atoms. The molecular weight excluding hydrogens is 392 g/mol. The number of aromatic nitrogens is 2. The minimum atomic E-state index is 0.271. The first-order chi connectivity index (χ1) is 6.20. The van der Waals surface area contributed by atoms with Crippen molar-refractivity contribution >= 4 is 45.2 Å². The lowest BCUT2D eigenvalue weighted by molar-refractivity contribution is 0.487. The van der Waals surface area contributed by atoms with Gasteiger partial charge in [0.15, 0.2) is 0 Å². The Kier molecular flexibility index (Phi) is 4.45. The maximum absolute atomic E-state index is 8.64. The summed E-state index contributed by atoms with van der Waals surface area (Å²) in [6, 6.07) is 2.47. The first-order valence-electron chi connectivity index (χ1n) is 3.95. The smallest absolute Gasteiger partial charge is 0.132 e. The van der Waals surface area contributed by atoms with E-state index in [2.05, 4.69) is 67.7 Å². The molecule has 1 heterocycles. The van der Waals surface area contributed by atoms with Gasteiger partial charge in [-0.1, -0.05) is 6.92 Å². The van der Waals surface area contributed by atoms with E-state index in [1.54, 1.807) is 0 Å². The van der Waals surface area contributed by atoms with Crippen molar-refractivity contribution in [2.45, 2.75) is 25.8 Å². The lowest BCUT2D eigenvalue weighted by Gasteiger charge is -2.13. The summed E-state index contributed by atoms with van der Waals surface area (Å²) in [6.07, 6.45) is 3.34. The van der Waals surface area contributed by atoms with Crippen LogP contribution in [-0.4, -0.2) is 9.55 Å². The van der Waals surface area contributed by atoms with Crippen LogP contribution in [0.2, 0.25) is 0 Å². The van der Waals surface area contributed by atoms with Crippen molar-refractivity contribution < 1.29 is 0 Å². The summed E-state index contributed by atoms with van der Waals surface area (Å²) < 4.78 is 4.21. The Morgan fingerprint density at radius 2 is 2.38 bits per heavy atom. The second kappa shape index (κ2) is 5.14. The highest BCUT2D eigenvalue weighted by molar-refractivity contribution is 14.1. The first kappa shape index (κ1) is 11.2. The van der Waals surface area contributed by atoms with Crippen LogP contribution in [0.25, 0.3) is 0 Å². The van der Waals surface area contributed by atoms with Crippen molar-refractivity contribution in [2.75, 3.05) is 0 Å². The highest BCUT2D eigenvalue weighted by Gasteiger charge is 2.13. The van der Waals surface area contributed by atoms with E-state index in [0.717, 1.165) is 13.8 Å².